The highest BCUT2D eigenvalue weighted by molar-refractivity contribution is 6.33. The smallest absolute Gasteiger partial charge is 0.416 e. The highest BCUT2D eigenvalue weighted by Gasteiger charge is 2.32. The summed E-state index contributed by atoms with van der Waals surface area (Å²) in [5.74, 6) is 1.31. The van der Waals surface area contributed by atoms with Gasteiger partial charge in [0.2, 0.25) is 0 Å². The molecule has 0 aliphatic heterocycles. The monoisotopic (exact) mass is 468 g/mol. The van der Waals surface area contributed by atoms with Gasteiger partial charge >= 0.3 is 6.18 Å². The highest BCUT2D eigenvalue weighted by Crippen LogP contribution is 2.33. The molecule has 0 radical (unpaired) electrons. The first-order valence-corrected chi connectivity index (χ1v) is 8.33. The summed E-state index contributed by atoms with van der Waals surface area (Å²) in [6.07, 6.45) is -1.29. The molecule has 158 valence electrons. The fraction of sp³-hybridized carbons (Fsp3) is 0.278. The van der Waals surface area contributed by atoms with Gasteiger partial charge in [0.15, 0.2) is 17.2 Å². The fourth-order valence-electron chi connectivity index (χ4n) is 2.70. The van der Waals surface area contributed by atoms with E-state index in [-0.39, 0.29) is 24.8 Å². The average molecular weight is 470 g/mol. The van der Waals surface area contributed by atoms with Gasteiger partial charge < -0.3 is 9.30 Å². The summed E-state index contributed by atoms with van der Waals surface area (Å²) < 4.78 is 45.7. The van der Waals surface area contributed by atoms with Gasteiger partial charge in [-0.2, -0.15) is 13.2 Å². The van der Waals surface area contributed by atoms with Crippen LogP contribution < -0.4 is 4.74 Å². The van der Waals surface area contributed by atoms with Crippen molar-refractivity contribution in [2.45, 2.75) is 25.6 Å². The number of pyridine rings is 1. The van der Waals surface area contributed by atoms with Crippen LogP contribution in [-0.4, -0.2) is 19.7 Å². The topological polar surface area (TPSA) is 52.8 Å². The standard InChI is InChI=1S/C18H16ClF3N4O.2ClH/c1-17(2,27-12-6-4-11(5-7-12)18(20,21)22)16-25-24-15(26(16)3)13-8-9-23-10-14(13)19;;/h4-10H,1-3H3;2*1H. The second-order valence-electron chi connectivity index (χ2n) is 6.40. The quantitative estimate of drug-likeness (QED) is 0.491. The number of hydrogen-bond acceptors (Lipinski definition) is 4. The first-order valence-electron chi connectivity index (χ1n) is 7.95. The molecular formula is C18H18Cl3F3N4O. The zero-order valence-electron chi connectivity index (χ0n) is 15.6. The molecule has 0 N–H and O–H groups in total. The molecule has 0 amide bonds. The van der Waals surface area contributed by atoms with Gasteiger partial charge in [-0.05, 0) is 44.2 Å². The molecule has 0 fully saturated rings. The van der Waals surface area contributed by atoms with Crippen LogP contribution in [0.1, 0.15) is 25.2 Å². The highest BCUT2D eigenvalue weighted by atomic mass is 35.5. The molecular weight excluding hydrogens is 452 g/mol. The van der Waals surface area contributed by atoms with E-state index < -0.39 is 17.3 Å². The lowest BCUT2D eigenvalue weighted by Crippen LogP contribution is -2.29. The van der Waals surface area contributed by atoms with E-state index in [1.165, 1.54) is 18.3 Å². The minimum Gasteiger partial charge on any atom is -0.480 e. The van der Waals surface area contributed by atoms with Crippen LogP contribution in [0.15, 0.2) is 42.7 Å². The average Bonchev–Trinajstić information content (AvgIpc) is 2.97. The summed E-state index contributed by atoms with van der Waals surface area (Å²) in [4.78, 5) is 3.94. The maximum atomic E-state index is 12.7. The molecule has 0 aliphatic carbocycles. The van der Waals surface area contributed by atoms with Crippen LogP contribution in [0, 0.1) is 0 Å². The van der Waals surface area contributed by atoms with E-state index in [9.17, 15) is 13.2 Å². The van der Waals surface area contributed by atoms with E-state index in [1.807, 2.05) is 0 Å². The van der Waals surface area contributed by atoms with Crippen molar-refractivity contribution in [1.82, 2.24) is 19.7 Å². The number of aromatic nitrogens is 4. The van der Waals surface area contributed by atoms with Crippen LogP contribution in [0.3, 0.4) is 0 Å². The number of ether oxygens (including phenoxy) is 1. The normalized spacial score (nSPS) is 11.4. The first-order chi connectivity index (χ1) is 12.6. The SMILES string of the molecule is Cl.Cl.Cn1c(-c2ccncc2Cl)nnc1C(C)(C)Oc1ccc(C(F)(F)F)cc1. The summed E-state index contributed by atoms with van der Waals surface area (Å²) in [7, 11) is 1.76. The molecule has 0 saturated carbocycles. The van der Waals surface area contributed by atoms with Crippen LogP contribution in [0.5, 0.6) is 5.75 Å². The molecule has 29 heavy (non-hydrogen) atoms. The summed E-state index contributed by atoms with van der Waals surface area (Å²) >= 11 is 6.17. The lowest BCUT2D eigenvalue weighted by Gasteiger charge is -2.25. The molecule has 3 rings (SSSR count). The third kappa shape index (κ3) is 5.32. The van der Waals surface area contributed by atoms with Gasteiger partial charge in [0.25, 0.3) is 0 Å². The van der Waals surface area contributed by atoms with Gasteiger partial charge in [-0.1, -0.05) is 11.6 Å². The maximum Gasteiger partial charge on any atom is 0.416 e. The van der Waals surface area contributed by atoms with Gasteiger partial charge in [0.05, 0.1) is 10.6 Å². The number of nitrogens with zero attached hydrogens (tertiary/aromatic N) is 4. The number of benzene rings is 1. The van der Waals surface area contributed by atoms with E-state index in [0.29, 0.717) is 28.0 Å². The molecule has 3 aromatic rings. The molecule has 0 spiro atoms. The van der Waals surface area contributed by atoms with Crippen molar-refractivity contribution in [3.05, 3.63) is 59.1 Å². The van der Waals surface area contributed by atoms with Crippen molar-refractivity contribution in [2.24, 2.45) is 7.05 Å². The van der Waals surface area contributed by atoms with Crippen LogP contribution >= 0.6 is 36.4 Å². The van der Waals surface area contributed by atoms with Crippen molar-refractivity contribution in [3.8, 4) is 17.1 Å². The Morgan fingerprint density at radius 3 is 2.17 bits per heavy atom. The van der Waals surface area contributed by atoms with Gasteiger partial charge in [-0.25, -0.2) is 0 Å². The predicted molar refractivity (Wildman–Crippen MR) is 109 cm³/mol. The Labute approximate surface area is 183 Å². The maximum absolute atomic E-state index is 12.7. The van der Waals surface area contributed by atoms with Gasteiger partial charge in [0.1, 0.15) is 5.75 Å². The van der Waals surface area contributed by atoms with Crippen LogP contribution in [0.25, 0.3) is 11.4 Å². The summed E-state index contributed by atoms with van der Waals surface area (Å²) in [6, 6.07) is 6.23. The molecule has 5 nitrogen and oxygen atoms in total. The third-order valence-electron chi connectivity index (χ3n) is 3.98. The van der Waals surface area contributed by atoms with Gasteiger partial charge in [0, 0.05) is 25.0 Å². The number of hydrogen-bond donors (Lipinski definition) is 0. The summed E-state index contributed by atoms with van der Waals surface area (Å²) in [5.41, 5.74) is -1.02. The molecule has 2 heterocycles. The molecule has 0 unspecified atom stereocenters. The Balaban J connectivity index is 0.00000210. The van der Waals surface area contributed by atoms with E-state index in [1.54, 1.807) is 37.7 Å². The Bertz CT molecular complexity index is 960. The summed E-state index contributed by atoms with van der Waals surface area (Å²) in [6.45, 7) is 3.51. The van der Waals surface area contributed by atoms with Crippen molar-refractivity contribution < 1.29 is 17.9 Å². The Morgan fingerprint density at radius 1 is 1.00 bits per heavy atom. The molecule has 2 aromatic heterocycles. The van der Waals surface area contributed by atoms with E-state index in [0.717, 1.165) is 12.1 Å². The minimum absolute atomic E-state index is 0. The zero-order valence-corrected chi connectivity index (χ0v) is 18.0. The molecule has 0 aliphatic rings. The Hall–Kier alpha value is -2.03. The molecule has 11 heteroatoms. The lowest BCUT2D eigenvalue weighted by atomic mass is 10.1. The number of halogens is 6. The molecule has 1 aromatic carbocycles. The van der Waals surface area contributed by atoms with Crippen molar-refractivity contribution in [1.29, 1.82) is 0 Å². The minimum atomic E-state index is -4.39. The number of alkyl halides is 3. The summed E-state index contributed by atoms with van der Waals surface area (Å²) in [5, 5.41) is 8.79. The van der Waals surface area contributed by atoms with E-state index >= 15 is 0 Å². The van der Waals surface area contributed by atoms with Gasteiger partial charge in [-0.15, -0.1) is 35.0 Å². The predicted octanol–water partition coefficient (Wildman–Crippen LogP) is 5.71. The van der Waals surface area contributed by atoms with Crippen LogP contribution in [0.2, 0.25) is 5.02 Å². The number of rotatable bonds is 4. The van der Waals surface area contributed by atoms with E-state index in [2.05, 4.69) is 15.2 Å². The largest absolute Gasteiger partial charge is 0.480 e. The fourth-order valence-corrected chi connectivity index (χ4v) is 2.90. The van der Waals surface area contributed by atoms with Crippen LogP contribution in [-0.2, 0) is 18.8 Å². The van der Waals surface area contributed by atoms with Crippen LogP contribution in [0.4, 0.5) is 13.2 Å². The van der Waals surface area contributed by atoms with Crippen molar-refractivity contribution >= 4 is 36.4 Å². The second-order valence-corrected chi connectivity index (χ2v) is 6.80. The van der Waals surface area contributed by atoms with Crippen molar-refractivity contribution in [3.63, 3.8) is 0 Å². The van der Waals surface area contributed by atoms with Crippen molar-refractivity contribution in [2.75, 3.05) is 0 Å². The third-order valence-corrected chi connectivity index (χ3v) is 4.28. The second kappa shape index (κ2) is 9.19. The first kappa shape index (κ1) is 25.0. The van der Waals surface area contributed by atoms with E-state index in [4.69, 9.17) is 16.3 Å². The molecule has 0 bridgehead atoms. The molecule has 0 atom stereocenters. The Kier molecular flexibility index (Phi) is 7.93. The zero-order chi connectivity index (χ0) is 19.8. The Morgan fingerprint density at radius 2 is 1.62 bits per heavy atom. The molecule has 0 saturated heterocycles. The lowest BCUT2D eigenvalue weighted by molar-refractivity contribution is -0.137. The van der Waals surface area contributed by atoms with Gasteiger partial charge in [-0.3, -0.25) is 4.98 Å².